The molecule has 1 atom stereocenters. The van der Waals surface area contributed by atoms with E-state index in [0.717, 1.165) is 32.5 Å². The first kappa shape index (κ1) is 17.4. The van der Waals surface area contributed by atoms with Crippen molar-refractivity contribution in [1.29, 1.82) is 0 Å². The zero-order valence-corrected chi connectivity index (χ0v) is 15.2. The maximum Gasteiger partial charge on any atom is 0.338 e. The third kappa shape index (κ3) is 2.96. The van der Waals surface area contributed by atoms with Gasteiger partial charge in [0.2, 0.25) is 10.0 Å². The highest BCUT2D eigenvalue weighted by atomic mass is 32.2. The van der Waals surface area contributed by atoms with Crippen LogP contribution in [0.5, 0.6) is 0 Å². The zero-order valence-electron chi connectivity index (χ0n) is 14.4. The first-order valence-electron chi connectivity index (χ1n) is 8.24. The van der Waals surface area contributed by atoms with Gasteiger partial charge >= 0.3 is 5.97 Å². The minimum absolute atomic E-state index is 0.000352. The van der Waals surface area contributed by atoms with E-state index in [4.69, 9.17) is 4.74 Å². The van der Waals surface area contributed by atoms with Gasteiger partial charge in [0.1, 0.15) is 0 Å². The van der Waals surface area contributed by atoms with E-state index in [9.17, 15) is 13.2 Å². The molecule has 1 aromatic rings. The number of hydrogen-bond acceptors (Lipinski definition) is 5. The minimum Gasteiger partial charge on any atom is -0.465 e. The van der Waals surface area contributed by atoms with E-state index in [1.807, 2.05) is 0 Å². The van der Waals surface area contributed by atoms with Crippen molar-refractivity contribution in [3.63, 3.8) is 0 Å². The maximum absolute atomic E-state index is 13.0. The summed E-state index contributed by atoms with van der Waals surface area (Å²) in [6.07, 6.45) is 2.09. The Hall–Kier alpha value is -1.44. The SMILES string of the molecule is COC(=O)c1cc(S(=O)(=O)N(C)C2CN3CCC2CC3)ccc1C. The van der Waals surface area contributed by atoms with Crippen molar-refractivity contribution >= 4 is 16.0 Å². The van der Waals surface area contributed by atoms with E-state index >= 15 is 0 Å². The summed E-state index contributed by atoms with van der Waals surface area (Å²) in [6.45, 7) is 4.67. The van der Waals surface area contributed by atoms with Crippen LogP contribution in [0.3, 0.4) is 0 Å². The lowest BCUT2D eigenvalue weighted by atomic mass is 9.84. The molecule has 0 radical (unpaired) electrons. The lowest BCUT2D eigenvalue weighted by molar-refractivity contribution is 0.0465. The third-order valence-electron chi connectivity index (χ3n) is 5.38. The fraction of sp³-hybridized carbons (Fsp3) is 0.588. The van der Waals surface area contributed by atoms with Crippen LogP contribution in [-0.2, 0) is 14.8 Å². The molecular weight excluding hydrogens is 328 g/mol. The maximum atomic E-state index is 13.0. The van der Waals surface area contributed by atoms with Gasteiger partial charge in [0.05, 0.1) is 17.6 Å². The summed E-state index contributed by atoms with van der Waals surface area (Å²) < 4.78 is 32.3. The summed E-state index contributed by atoms with van der Waals surface area (Å²) in [5.74, 6) is -0.102. The summed E-state index contributed by atoms with van der Waals surface area (Å²) in [7, 11) is -0.697. The fourth-order valence-corrected chi connectivity index (χ4v) is 5.22. The highest BCUT2D eigenvalue weighted by molar-refractivity contribution is 7.89. The number of piperidine rings is 3. The van der Waals surface area contributed by atoms with Crippen LogP contribution in [0, 0.1) is 12.8 Å². The number of carbonyl (C=O) groups excluding carboxylic acids is 1. The molecule has 132 valence electrons. The molecule has 2 bridgehead atoms. The standard InChI is InChI=1S/C17H24N2O4S/c1-12-4-5-14(10-15(12)17(20)23-3)24(21,22)18(2)16-11-19-8-6-13(16)7-9-19/h4-5,10,13,16H,6-9,11H2,1-3H3. The molecule has 4 rings (SSSR count). The second-order valence-electron chi connectivity index (χ2n) is 6.69. The molecule has 1 unspecified atom stereocenters. The van der Waals surface area contributed by atoms with Crippen LogP contribution in [0.15, 0.2) is 23.1 Å². The molecule has 6 nitrogen and oxygen atoms in total. The number of hydrogen-bond donors (Lipinski definition) is 0. The van der Waals surface area contributed by atoms with Gasteiger partial charge in [-0.1, -0.05) is 6.07 Å². The Morgan fingerprint density at radius 2 is 1.96 bits per heavy atom. The lowest BCUT2D eigenvalue weighted by Crippen LogP contribution is -2.57. The number of aryl methyl sites for hydroxylation is 1. The number of benzene rings is 1. The second-order valence-corrected chi connectivity index (χ2v) is 8.69. The van der Waals surface area contributed by atoms with Crippen molar-refractivity contribution in [3.05, 3.63) is 29.3 Å². The predicted molar refractivity (Wildman–Crippen MR) is 90.4 cm³/mol. The summed E-state index contributed by atoms with van der Waals surface area (Å²) in [5, 5.41) is 0. The van der Waals surface area contributed by atoms with Crippen LogP contribution in [0.25, 0.3) is 0 Å². The van der Waals surface area contributed by atoms with Gasteiger partial charge < -0.3 is 9.64 Å². The van der Waals surface area contributed by atoms with Crippen molar-refractivity contribution in [1.82, 2.24) is 9.21 Å². The summed E-state index contributed by atoms with van der Waals surface area (Å²) in [5.41, 5.74) is 0.993. The molecule has 0 N–H and O–H groups in total. The molecule has 7 heteroatoms. The number of sulfonamides is 1. The smallest absolute Gasteiger partial charge is 0.338 e. The van der Waals surface area contributed by atoms with Crippen molar-refractivity contribution in [2.24, 2.45) is 5.92 Å². The van der Waals surface area contributed by atoms with Gasteiger partial charge in [-0.3, -0.25) is 0 Å². The van der Waals surface area contributed by atoms with Crippen molar-refractivity contribution in [2.45, 2.75) is 30.7 Å². The summed E-state index contributed by atoms with van der Waals surface area (Å²) in [4.78, 5) is 14.3. The molecule has 3 heterocycles. The van der Waals surface area contributed by atoms with Crippen molar-refractivity contribution in [2.75, 3.05) is 33.8 Å². The number of carbonyl (C=O) groups is 1. The van der Waals surface area contributed by atoms with Crippen LogP contribution in [0.1, 0.15) is 28.8 Å². The van der Waals surface area contributed by atoms with Gasteiger partial charge in [-0.15, -0.1) is 0 Å². The van der Waals surface area contributed by atoms with Crippen LogP contribution < -0.4 is 0 Å². The molecule has 3 aliphatic rings. The first-order chi connectivity index (χ1) is 11.3. The molecule has 0 amide bonds. The third-order valence-corrected chi connectivity index (χ3v) is 7.26. The molecule has 3 saturated heterocycles. The Balaban J connectivity index is 1.91. The van der Waals surface area contributed by atoms with E-state index in [1.54, 1.807) is 26.1 Å². The second kappa shape index (κ2) is 6.46. The first-order valence-corrected chi connectivity index (χ1v) is 9.68. The zero-order chi connectivity index (χ0) is 17.5. The van der Waals surface area contributed by atoms with Crippen LogP contribution in [0.4, 0.5) is 0 Å². The van der Waals surface area contributed by atoms with E-state index in [1.165, 1.54) is 17.5 Å². The van der Waals surface area contributed by atoms with Gasteiger partial charge in [0.15, 0.2) is 0 Å². The number of methoxy groups -OCH3 is 1. The van der Waals surface area contributed by atoms with E-state index < -0.39 is 16.0 Å². The number of fused-ring (bicyclic) bond motifs is 3. The molecule has 0 saturated carbocycles. The van der Waals surface area contributed by atoms with Crippen LogP contribution >= 0.6 is 0 Å². The van der Waals surface area contributed by atoms with E-state index in [2.05, 4.69) is 4.90 Å². The number of likely N-dealkylation sites (N-methyl/N-ethyl adjacent to an activating group) is 1. The molecular formula is C17H24N2O4S. The van der Waals surface area contributed by atoms with E-state index in [0.29, 0.717) is 17.0 Å². The van der Waals surface area contributed by atoms with Gasteiger partial charge in [0.25, 0.3) is 0 Å². The van der Waals surface area contributed by atoms with Crippen molar-refractivity contribution in [3.8, 4) is 0 Å². The van der Waals surface area contributed by atoms with E-state index in [-0.39, 0.29) is 10.9 Å². The monoisotopic (exact) mass is 352 g/mol. The summed E-state index contributed by atoms with van der Waals surface area (Å²) in [6, 6.07) is 4.65. The largest absolute Gasteiger partial charge is 0.465 e. The number of ether oxygens (including phenoxy) is 1. The van der Waals surface area contributed by atoms with Gasteiger partial charge in [0, 0.05) is 19.6 Å². The molecule has 24 heavy (non-hydrogen) atoms. The van der Waals surface area contributed by atoms with Crippen molar-refractivity contribution < 1.29 is 17.9 Å². The molecule has 3 fully saturated rings. The van der Waals surface area contributed by atoms with Gasteiger partial charge in [-0.2, -0.15) is 4.31 Å². The highest BCUT2D eigenvalue weighted by Crippen LogP contribution is 2.33. The Kier molecular flexibility index (Phi) is 4.68. The summed E-state index contributed by atoms with van der Waals surface area (Å²) >= 11 is 0. The van der Waals surface area contributed by atoms with Gasteiger partial charge in [-0.25, -0.2) is 13.2 Å². The quantitative estimate of drug-likeness (QED) is 0.768. The Bertz CT molecular complexity index is 739. The topological polar surface area (TPSA) is 66.9 Å². The molecule has 1 aromatic carbocycles. The Morgan fingerprint density at radius 1 is 1.29 bits per heavy atom. The lowest BCUT2D eigenvalue weighted by Gasteiger charge is -2.47. The molecule has 3 aliphatic heterocycles. The molecule has 0 aliphatic carbocycles. The van der Waals surface area contributed by atoms with Gasteiger partial charge in [-0.05, 0) is 56.5 Å². The normalized spacial score (nSPS) is 26.6. The van der Waals surface area contributed by atoms with Crippen LogP contribution in [-0.4, -0.2) is 63.4 Å². The predicted octanol–water partition coefficient (Wildman–Crippen LogP) is 1.50. The average molecular weight is 352 g/mol. The number of esters is 1. The molecule has 0 aromatic heterocycles. The van der Waals surface area contributed by atoms with Crippen LogP contribution in [0.2, 0.25) is 0 Å². The Labute approximate surface area is 143 Å². The average Bonchev–Trinajstić information content (AvgIpc) is 2.61. The number of rotatable bonds is 4. The number of nitrogens with zero attached hydrogens (tertiary/aromatic N) is 2. The Morgan fingerprint density at radius 3 is 2.50 bits per heavy atom. The molecule has 0 spiro atoms. The fourth-order valence-electron chi connectivity index (χ4n) is 3.78. The highest BCUT2D eigenvalue weighted by Gasteiger charge is 2.40. The minimum atomic E-state index is -3.64.